The zero-order valence-corrected chi connectivity index (χ0v) is 16.6. The Morgan fingerprint density at radius 3 is 2.58 bits per heavy atom. The van der Waals surface area contributed by atoms with Gasteiger partial charge in [0.25, 0.3) is 0 Å². The van der Waals surface area contributed by atoms with Gasteiger partial charge in [-0.2, -0.15) is 0 Å². The molecular formula is C19H23BrClNO2. The first-order valence-electron chi connectivity index (χ1n) is 8.01. The molecule has 0 aliphatic carbocycles. The molecule has 0 radical (unpaired) electrons. The lowest BCUT2D eigenvalue weighted by Gasteiger charge is -2.16. The van der Waals surface area contributed by atoms with Gasteiger partial charge in [-0.15, -0.1) is 0 Å². The summed E-state index contributed by atoms with van der Waals surface area (Å²) in [5.74, 6) is 1.41. The molecule has 2 rings (SSSR count). The average Bonchev–Trinajstić information content (AvgIpc) is 2.59. The van der Waals surface area contributed by atoms with Crippen molar-refractivity contribution in [2.24, 2.45) is 0 Å². The summed E-state index contributed by atoms with van der Waals surface area (Å²) < 4.78 is 12.4. The third kappa shape index (κ3) is 5.13. The van der Waals surface area contributed by atoms with Gasteiger partial charge in [0, 0.05) is 27.6 Å². The third-order valence-electron chi connectivity index (χ3n) is 3.93. The Kier molecular flexibility index (Phi) is 7.40. The Labute approximate surface area is 157 Å². The molecule has 1 N–H and O–H groups in total. The topological polar surface area (TPSA) is 30.5 Å². The van der Waals surface area contributed by atoms with Crippen molar-refractivity contribution in [1.82, 2.24) is 5.32 Å². The Hall–Kier alpha value is -1.23. The summed E-state index contributed by atoms with van der Waals surface area (Å²) in [6, 6.07) is 12.1. The monoisotopic (exact) mass is 411 g/mol. The Morgan fingerprint density at radius 2 is 1.92 bits per heavy atom. The summed E-state index contributed by atoms with van der Waals surface area (Å²) >= 11 is 9.80. The number of benzene rings is 2. The molecule has 0 aliphatic rings. The number of methoxy groups -OCH3 is 1. The predicted octanol–water partition coefficient (Wildman–Crippen LogP) is 5.58. The number of ether oxygens (including phenoxy) is 2. The molecule has 3 nitrogen and oxygen atoms in total. The number of nitrogens with one attached hydrogen (secondary N) is 1. The van der Waals surface area contributed by atoms with Crippen LogP contribution in [0, 0.1) is 0 Å². The zero-order chi connectivity index (χ0) is 17.5. The van der Waals surface area contributed by atoms with E-state index in [1.54, 1.807) is 7.11 Å². The standard InChI is InChI=1S/C19H23BrClNO2/c1-4-13(2)22-11-15-9-18(23-3)19(10-16(15)20)24-12-14-7-5-6-8-17(14)21/h5-10,13,22H,4,11-12H2,1-3H3. The first kappa shape index (κ1) is 19.1. The van der Waals surface area contributed by atoms with Gasteiger partial charge in [-0.25, -0.2) is 0 Å². The highest BCUT2D eigenvalue weighted by atomic mass is 79.9. The number of rotatable bonds is 8. The summed E-state index contributed by atoms with van der Waals surface area (Å²) in [6.45, 7) is 5.51. The van der Waals surface area contributed by atoms with E-state index < -0.39 is 0 Å². The molecule has 0 amide bonds. The smallest absolute Gasteiger partial charge is 0.162 e. The molecule has 0 spiro atoms. The predicted molar refractivity (Wildman–Crippen MR) is 103 cm³/mol. The minimum atomic E-state index is 0.396. The summed E-state index contributed by atoms with van der Waals surface area (Å²) in [6.07, 6.45) is 1.09. The van der Waals surface area contributed by atoms with Gasteiger partial charge in [-0.05, 0) is 37.1 Å². The average molecular weight is 413 g/mol. The second kappa shape index (κ2) is 9.30. The van der Waals surface area contributed by atoms with E-state index in [2.05, 4.69) is 35.1 Å². The maximum Gasteiger partial charge on any atom is 0.162 e. The maximum atomic E-state index is 6.18. The van der Waals surface area contributed by atoms with Crippen molar-refractivity contribution in [3.8, 4) is 11.5 Å². The first-order valence-corrected chi connectivity index (χ1v) is 9.18. The van der Waals surface area contributed by atoms with Crippen LogP contribution in [0.3, 0.4) is 0 Å². The fourth-order valence-electron chi connectivity index (χ4n) is 2.18. The van der Waals surface area contributed by atoms with E-state index in [-0.39, 0.29) is 0 Å². The molecule has 24 heavy (non-hydrogen) atoms. The van der Waals surface area contributed by atoms with Crippen LogP contribution in [0.15, 0.2) is 40.9 Å². The van der Waals surface area contributed by atoms with Crippen molar-refractivity contribution in [1.29, 1.82) is 0 Å². The Bertz CT molecular complexity index is 678. The third-order valence-corrected chi connectivity index (χ3v) is 5.03. The lowest BCUT2D eigenvalue weighted by molar-refractivity contribution is 0.284. The van der Waals surface area contributed by atoms with Gasteiger partial charge in [-0.1, -0.05) is 52.7 Å². The van der Waals surface area contributed by atoms with E-state index >= 15 is 0 Å². The molecular weight excluding hydrogens is 390 g/mol. The van der Waals surface area contributed by atoms with Crippen molar-refractivity contribution in [2.75, 3.05) is 7.11 Å². The van der Waals surface area contributed by atoms with Crippen molar-refractivity contribution in [3.63, 3.8) is 0 Å². The van der Waals surface area contributed by atoms with Gasteiger partial charge < -0.3 is 14.8 Å². The lowest BCUT2D eigenvalue weighted by Crippen LogP contribution is -2.24. The second-order valence-electron chi connectivity index (χ2n) is 5.66. The number of halogens is 2. The second-order valence-corrected chi connectivity index (χ2v) is 6.93. The van der Waals surface area contributed by atoms with Crippen molar-refractivity contribution < 1.29 is 9.47 Å². The normalized spacial score (nSPS) is 12.0. The van der Waals surface area contributed by atoms with Crippen LogP contribution in [-0.4, -0.2) is 13.2 Å². The Balaban J connectivity index is 2.12. The molecule has 2 aromatic rings. The van der Waals surface area contributed by atoms with Gasteiger partial charge >= 0.3 is 0 Å². The highest BCUT2D eigenvalue weighted by Crippen LogP contribution is 2.34. The largest absolute Gasteiger partial charge is 0.493 e. The molecule has 0 aromatic heterocycles. The van der Waals surface area contributed by atoms with E-state index in [1.165, 1.54) is 0 Å². The van der Waals surface area contributed by atoms with Gasteiger partial charge in [0.1, 0.15) is 6.61 Å². The zero-order valence-electron chi connectivity index (χ0n) is 14.2. The highest BCUT2D eigenvalue weighted by Gasteiger charge is 2.12. The van der Waals surface area contributed by atoms with E-state index in [4.69, 9.17) is 21.1 Å². The molecule has 1 atom stereocenters. The Morgan fingerprint density at radius 1 is 1.17 bits per heavy atom. The molecule has 1 unspecified atom stereocenters. The van der Waals surface area contributed by atoms with E-state index in [1.807, 2.05) is 36.4 Å². The van der Waals surface area contributed by atoms with Crippen LogP contribution >= 0.6 is 27.5 Å². The van der Waals surface area contributed by atoms with Crippen molar-refractivity contribution in [2.45, 2.75) is 39.5 Å². The van der Waals surface area contributed by atoms with Crippen LogP contribution in [0.1, 0.15) is 31.4 Å². The van der Waals surface area contributed by atoms with Crippen molar-refractivity contribution in [3.05, 3.63) is 57.0 Å². The minimum Gasteiger partial charge on any atom is -0.493 e. The minimum absolute atomic E-state index is 0.396. The van der Waals surface area contributed by atoms with Crippen LogP contribution in [-0.2, 0) is 13.2 Å². The van der Waals surface area contributed by atoms with Gasteiger partial charge in [0.15, 0.2) is 11.5 Å². The van der Waals surface area contributed by atoms with Crippen LogP contribution < -0.4 is 14.8 Å². The van der Waals surface area contributed by atoms with E-state index in [0.717, 1.165) is 28.6 Å². The van der Waals surface area contributed by atoms with Crippen LogP contribution in [0.5, 0.6) is 11.5 Å². The number of hydrogen-bond acceptors (Lipinski definition) is 3. The summed E-state index contributed by atoms with van der Waals surface area (Å²) in [4.78, 5) is 0. The molecule has 130 valence electrons. The highest BCUT2D eigenvalue weighted by molar-refractivity contribution is 9.10. The maximum absolute atomic E-state index is 6.18. The van der Waals surface area contributed by atoms with E-state index in [9.17, 15) is 0 Å². The molecule has 5 heteroatoms. The molecule has 0 fully saturated rings. The van der Waals surface area contributed by atoms with Crippen LogP contribution in [0.4, 0.5) is 0 Å². The van der Waals surface area contributed by atoms with Crippen LogP contribution in [0.25, 0.3) is 0 Å². The SMILES string of the molecule is CCC(C)NCc1cc(OC)c(OCc2ccccc2Cl)cc1Br. The molecule has 0 bridgehead atoms. The lowest BCUT2D eigenvalue weighted by atomic mass is 10.1. The van der Waals surface area contributed by atoms with Gasteiger partial charge in [-0.3, -0.25) is 0 Å². The van der Waals surface area contributed by atoms with Crippen LogP contribution in [0.2, 0.25) is 5.02 Å². The van der Waals surface area contributed by atoms with E-state index in [0.29, 0.717) is 29.2 Å². The molecule has 0 saturated heterocycles. The first-order chi connectivity index (χ1) is 11.5. The summed E-state index contributed by atoms with van der Waals surface area (Å²) in [5, 5.41) is 4.18. The van der Waals surface area contributed by atoms with Crippen molar-refractivity contribution >= 4 is 27.5 Å². The van der Waals surface area contributed by atoms with Gasteiger partial charge in [0.05, 0.1) is 7.11 Å². The quantitative estimate of drug-likeness (QED) is 0.614. The fourth-order valence-corrected chi connectivity index (χ4v) is 2.84. The molecule has 0 aliphatic heterocycles. The summed E-state index contributed by atoms with van der Waals surface area (Å²) in [7, 11) is 1.65. The molecule has 0 heterocycles. The summed E-state index contributed by atoms with van der Waals surface area (Å²) in [5.41, 5.74) is 2.08. The number of hydrogen-bond donors (Lipinski definition) is 1. The molecule has 0 saturated carbocycles. The fraction of sp³-hybridized carbons (Fsp3) is 0.368. The van der Waals surface area contributed by atoms with Gasteiger partial charge in [0.2, 0.25) is 0 Å². The molecule has 2 aromatic carbocycles.